The number of likely N-dealkylation sites (tertiary alicyclic amines) is 1. The van der Waals surface area contributed by atoms with Crippen molar-refractivity contribution in [2.45, 2.75) is 25.8 Å². The lowest BCUT2D eigenvalue weighted by Crippen LogP contribution is -2.27. The highest BCUT2D eigenvalue weighted by Crippen LogP contribution is 2.17. The molecule has 1 N–H and O–H groups in total. The maximum Gasteiger partial charge on any atom is 0.203 e. The molecule has 0 aromatic carbocycles. The summed E-state index contributed by atoms with van der Waals surface area (Å²) in [5.74, 6) is 0.941. The molecule has 1 atom stereocenters. The number of aromatic nitrogens is 2. The fraction of sp³-hybridized carbons (Fsp3) is 0.615. The Balaban J connectivity index is 1.94. The molecule has 1 fully saturated rings. The first kappa shape index (κ1) is 12.2. The Kier molecular flexibility index (Phi) is 4.20. The summed E-state index contributed by atoms with van der Waals surface area (Å²) in [6.07, 6.45) is 8.44. The van der Waals surface area contributed by atoms with E-state index >= 15 is 0 Å². The average molecular weight is 234 g/mol. The first-order valence-electron chi connectivity index (χ1n) is 6.41. The van der Waals surface area contributed by atoms with Gasteiger partial charge in [-0.15, -0.1) is 6.58 Å². The second kappa shape index (κ2) is 5.87. The summed E-state index contributed by atoms with van der Waals surface area (Å²) < 4.78 is 2.21. The van der Waals surface area contributed by atoms with Crippen LogP contribution in [-0.2, 0) is 0 Å². The van der Waals surface area contributed by atoms with E-state index in [1.165, 1.54) is 25.9 Å². The van der Waals surface area contributed by atoms with Crippen LogP contribution in [-0.4, -0.2) is 40.6 Å². The van der Waals surface area contributed by atoms with Crippen molar-refractivity contribution in [3.05, 3.63) is 25.0 Å². The predicted octanol–water partition coefficient (Wildman–Crippen LogP) is 2.14. The van der Waals surface area contributed by atoms with Gasteiger partial charge >= 0.3 is 0 Å². The Morgan fingerprint density at radius 1 is 1.53 bits per heavy atom. The van der Waals surface area contributed by atoms with Crippen LogP contribution in [0, 0.1) is 0 Å². The molecule has 0 amide bonds. The van der Waals surface area contributed by atoms with Gasteiger partial charge in [-0.05, 0) is 32.9 Å². The van der Waals surface area contributed by atoms with Gasteiger partial charge in [0.1, 0.15) is 0 Å². The fourth-order valence-electron chi connectivity index (χ4n) is 2.40. The average Bonchev–Trinajstić information content (AvgIpc) is 2.96. The molecule has 1 unspecified atom stereocenters. The van der Waals surface area contributed by atoms with Gasteiger partial charge in [-0.1, -0.05) is 6.08 Å². The Labute approximate surface area is 103 Å². The minimum atomic E-state index is 0.461. The van der Waals surface area contributed by atoms with Crippen LogP contribution in [0.2, 0.25) is 0 Å². The molecule has 1 aromatic heterocycles. The topological polar surface area (TPSA) is 33.1 Å². The normalized spacial score (nSPS) is 18.2. The van der Waals surface area contributed by atoms with Crippen LogP contribution in [0.15, 0.2) is 25.0 Å². The maximum atomic E-state index is 4.33. The van der Waals surface area contributed by atoms with Crippen molar-refractivity contribution < 1.29 is 0 Å². The summed E-state index contributed by atoms with van der Waals surface area (Å²) in [6.45, 7) is 10.3. The van der Waals surface area contributed by atoms with Gasteiger partial charge in [0.25, 0.3) is 0 Å². The van der Waals surface area contributed by atoms with Crippen LogP contribution in [0.1, 0.15) is 25.8 Å². The molecular weight excluding hydrogens is 212 g/mol. The highest BCUT2D eigenvalue weighted by atomic mass is 15.2. The lowest BCUT2D eigenvalue weighted by molar-refractivity contribution is 0.289. The summed E-state index contributed by atoms with van der Waals surface area (Å²) in [6, 6.07) is 0.461. The van der Waals surface area contributed by atoms with E-state index in [-0.39, 0.29) is 0 Å². The largest absolute Gasteiger partial charge is 0.352 e. The van der Waals surface area contributed by atoms with Gasteiger partial charge in [0.05, 0.1) is 0 Å². The molecule has 1 aliphatic heterocycles. The summed E-state index contributed by atoms with van der Waals surface area (Å²) in [5.41, 5.74) is 0. The molecule has 4 heteroatoms. The van der Waals surface area contributed by atoms with Crippen molar-refractivity contribution in [1.82, 2.24) is 14.5 Å². The molecule has 2 heterocycles. The Morgan fingerprint density at radius 3 is 3.00 bits per heavy atom. The third kappa shape index (κ3) is 3.09. The van der Waals surface area contributed by atoms with E-state index in [9.17, 15) is 0 Å². The predicted molar refractivity (Wildman–Crippen MR) is 71.3 cm³/mol. The summed E-state index contributed by atoms with van der Waals surface area (Å²) >= 11 is 0. The Bertz CT molecular complexity index is 352. The minimum absolute atomic E-state index is 0.461. The third-order valence-electron chi connectivity index (χ3n) is 3.27. The zero-order chi connectivity index (χ0) is 12.1. The number of rotatable bonds is 6. The van der Waals surface area contributed by atoms with Gasteiger partial charge in [-0.25, -0.2) is 4.98 Å². The number of hydrogen-bond acceptors (Lipinski definition) is 3. The van der Waals surface area contributed by atoms with Crippen molar-refractivity contribution in [3.63, 3.8) is 0 Å². The summed E-state index contributed by atoms with van der Waals surface area (Å²) in [4.78, 5) is 6.86. The first-order chi connectivity index (χ1) is 8.31. The van der Waals surface area contributed by atoms with Gasteiger partial charge in [-0.3, -0.25) is 0 Å². The molecule has 0 radical (unpaired) electrons. The zero-order valence-electron chi connectivity index (χ0n) is 10.6. The van der Waals surface area contributed by atoms with Crippen LogP contribution < -0.4 is 5.32 Å². The quantitative estimate of drug-likeness (QED) is 0.766. The number of nitrogens with zero attached hydrogens (tertiary/aromatic N) is 3. The van der Waals surface area contributed by atoms with Gasteiger partial charge < -0.3 is 14.8 Å². The van der Waals surface area contributed by atoms with E-state index in [0.717, 1.165) is 19.0 Å². The van der Waals surface area contributed by atoms with Gasteiger partial charge in [0.15, 0.2) is 0 Å². The zero-order valence-corrected chi connectivity index (χ0v) is 10.6. The first-order valence-corrected chi connectivity index (χ1v) is 6.41. The smallest absolute Gasteiger partial charge is 0.203 e. The van der Waals surface area contributed by atoms with Crippen LogP contribution in [0.3, 0.4) is 0 Å². The molecule has 1 saturated heterocycles. The van der Waals surface area contributed by atoms with Crippen LogP contribution in [0.4, 0.5) is 5.95 Å². The van der Waals surface area contributed by atoms with Crippen molar-refractivity contribution in [3.8, 4) is 0 Å². The van der Waals surface area contributed by atoms with Crippen molar-refractivity contribution in [1.29, 1.82) is 0 Å². The number of nitrogens with one attached hydrogen (secondary N) is 1. The lowest BCUT2D eigenvalue weighted by atomic mass is 10.3. The van der Waals surface area contributed by atoms with Crippen LogP contribution >= 0.6 is 0 Å². The summed E-state index contributed by atoms with van der Waals surface area (Å²) in [7, 11) is 0. The monoisotopic (exact) mass is 234 g/mol. The second-order valence-electron chi connectivity index (χ2n) is 4.68. The van der Waals surface area contributed by atoms with E-state index in [2.05, 4.69) is 33.3 Å². The molecular formula is C13H22N4. The van der Waals surface area contributed by atoms with Gasteiger partial charge in [0.2, 0.25) is 5.95 Å². The molecule has 94 valence electrons. The van der Waals surface area contributed by atoms with E-state index in [0.29, 0.717) is 6.04 Å². The van der Waals surface area contributed by atoms with Crippen LogP contribution in [0.25, 0.3) is 0 Å². The number of imidazole rings is 1. The molecule has 0 spiro atoms. The van der Waals surface area contributed by atoms with E-state index in [4.69, 9.17) is 0 Å². The molecule has 0 aliphatic carbocycles. The fourth-order valence-corrected chi connectivity index (χ4v) is 2.40. The molecule has 17 heavy (non-hydrogen) atoms. The summed E-state index contributed by atoms with van der Waals surface area (Å²) in [5, 5.41) is 3.26. The molecule has 0 saturated carbocycles. The minimum Gasteiger partial charge on any atom is -0.352 e. The van der Waals surface area contributed by atoms with E-state index in [1.807, 2.05) is 18.5 Å². The SMILES string of the molecule is C=CCNc1nccn1C(C)CN1CCCC1. The number of hydrogen-bond donors (Lipinski definition) is 1. The Hall–Kier alpha value is -1.29. The number of anilines is 1. The second-order valence-corrected chi connectivity index (χ2v) is 4.68. The lowest BCUT2D eigenvalue weighted by Gasteiger charge is -2.22. The third-order valence-corrected chi connectivity index (χ3v) is 3.27. The molecule has 0 bridgehead atoms. The molecule has 1 aliphatic rings. The maximum absolute atomic E-state index is 4.33. The van der Waals surface area contributed by atoms with Crippen LogP contribution in [0.5, 0.6) is 0 Å². The standard InChI is InChI=1S/C13H22N4/c1-3-6-14-13-15-7-10-17(13)12(2)11-16-8-4-5-9-16/h3,7,10,12H,1,4-6,8-9,11H2,2H3,(H,14,15). The Morgan fingerprint density at radius 2 is 2.29 bits per heavy atom. The van der Waals surface area contributed by atoms with Gasteiger partial charge in [0, 0.05) is 31.5 Å². The van der Waals surface area contributed by atoms with Gasteiger partial charge in [-0.2, -0.15) is 0 Å². The van der Waals surface area contributed by atoms with Crippen molar-refractivity contribution in [2.24, 2.45) is 0 Å². The molecule has 4 nitrogen and oxygen atoms in total. The van der Waals surface area contributed by atoms with Crippen molar-refractivity contribution >= 4 is 5.95 Å². The highest BCUT2D eigenvalue weighted by molar-refractivity contribution is 5.27. The van der Waals surface area contributed by atoms with E-state index in [1.54, 1.807) is 0 Å². The molecule has 2 rings (SSSR count). The highest BCUT2D eigenvalue weighted by Gasteiger charge is 2.16. The van der Waals surface area contributed by atoms with Crippen molar-refractivity contribution in [2.75, 3.05) is 31.5 Å². The molecule has 1 aromatic rings. The van der Waals surface area contributed by atoms with E-state index < -0.39 is 0 Å².